The van der Waals surface area contributed by atoms with Crippen molar-refractivity contribution < 1.29 is 19.1 Å². The molecule has 0 spiro atoms. The molecule has 5 heteroatoms. The number of carbonyl (C=O) groups is 3. The Kier molecular flexibility index (Phi) is 6.81. The molecule has 2 aromatic carbocycles. The average Bonchev–Trinajstić information content (AvgIpc) is 2.78. The molecule has 2 aromatic rings. The van der Waals surface area contributed by atoms with Crippen LogP contribution in [0.15, 0.2) is 54.6 Å². The van der Waals surface area contributed by atoms with E-state index in [-0.39, 0.29) is 28.9 Å². The van der Waals surface area contributed by atoms with Crippen molar-refractivity contribution in [3.05, 3.63) is 71.3 Å². The van der Waals surface area contributed by atoms with E-state index in [1.807, 2.05) is 6.07 Å². The first-order valence-electron chi connectivity index (χ1n) is 10.2. The largest absolute Gasteiger partial charge is 0.449 e. The molecule has 0 aromatic heterocycles. The van der Waals surface area contributed by atoms with E-state index in [2.05, 4.69) is 0 Å². The molecule has 1 amide bonds. The Balaban J connectivity index is 1.72. The summed E-state index contributed by atoms with van der Waals surface area (Å²) in [6.07, 6.45) is 4.50. The van der Waals surface area contributed by atoms with Crippen molar-refractivity contribution in [1.82, 2.24) is 4.90 Å². The van der Waals surface area contributed by atoms with Crippen LogP contribution in [0.5, 0.6) is 0 Å². The highest BCUT2D eigenvalue weighted by molar-refractivity contribution is 6.14. The molecule has 0 aliphatic heterocycles. The van der Waals surface area contributed by atoms with Gasteiger partial charge in [0.2, 0.25) is 0 Å². The van der Waals surface area contributed by atoms with E-state index in [0.717, 1.165) is 25.7 Å². The summed E-state index contributed by atoms with van der Waals surface area (Å²) in [7, 11) is 1.77. The minimum atomic E-state index is -0.908. The molecular formula is C24H27NO4. The zero-order valence-corrected chi connectivity index (χ0v) is 17.0. The van der Waals surface area contributed by atoms with E-state index in [9.17, 15) is 14.4 Å². The van der Waals surface area contributed by atoms with Crippen LogP contribution in [0.25, 0.3) is 0 Å². The molecule has 1 saturated carbocycles. The molecule has 1 fully saturated rings. The predicted octanol–water partition coefficient (Wildman–Crippen LogP) is 4.25. The number of rotatable bonds is 6. The lowest BCUT2D eigenvalue weighted by Gasteiger charge is -2.32. The summed E-state index contributed by atoms with van der Waals surface area (Å²) in [6.45, 7) is 1.58. The molecule has 3 rings (SSSR count). The van der Waals surface area contributed by atoms with Crippen molar-refractivity contribution in [3.8, 4) is 0 Å². The molecule has 1 aliphatic carbocycles. The number of ketones is 1. The molecule has 0 N–H and O–H groups in total. The lowest BCUT2D eigenvalue weighted by atomic mass is 9.94. The van der Waals surface area contributed by atoms with Gasteiger partial charge in [0.05, 0.1) is 5.56 Å². The lowest BCUT2D eigenvalue weighted by Crippen LogP contribution is -2.44. The van der Waals surface area contributed by atoms with Crippen LogP contribution in [0.4, 0.5) is 0 Å². The Labute approximate surface area is 171 Å². The third-order valence-corrected chi connectivity index (χ3v) is 5.53. The Morgan fingerprint density at radius 2 is 1.48 bits per heavy atom. The number of hydrogen-bond acceptors (Lipinski definition) is 4. The van der Waals surface area contributed by atoms with Gasteiger partial charge < -0.3 is 9.64 Å². The van der Waals surface area contributed by atoms with Gasteiger partial charge in [-0.2, -0.15) is 0 Å². The maximum atomic E-state index is 12.8. The van der Waals surface area contributed by atoms with Gasteiger partial charge in [-0.05, 0) is 25.8 Å². The van der Waals surface area contributed by atoms with Crippen molar-refractivity contribution in [3.63, 3.8) is 0 Å². The van der Waals surface area contributed by atoms with Gasteiger partial charge in [0, 0.05) is 24.2 Å². The summed E-state index contributed by atoms with van der Waals surface area (Å²) >= 11 is 0. The van der Waals surface area contributed by atoms with Gasteiger partial charge >= 0.3 is 5.97 Å². The standard InChI is InChI=1S/C24H27NO4/c1-17(23(27)25(2)19-13-7-4-8-14-19)29-24(28)21-16-10-9-15-20(21)22(26)18-11-5-3-6-12-18/h3,5-6,9-12,15-17,19H,4,7-8,13-14H2,1-2H3/t17-/m0/s1. The van der Waals surface area contributed by atoms with Crippen molar-refractivity contribution in [2.24, 2.45) is 0 Å². The Bertz CT molecular complexity index is 871. The maximum absolute atomic E-state index is 12.8. The highest BCUT2D eigenvalue weighted by atomic mass is 16.5. The molecule has 0 radical (unpaired) electrons. The van der Waals surface area contributed by atoms with Crippen LogP contribution in [0, 0.1) is 0 Å². The van der Waals surface area contributed by atoms with Crippen LogP contribution in [-0.4, -0.2) is 41.8 Å². The first kappa shape index (κ1) is 20.8. The molecule has 152 valence electrons. The summed E-state index contributed by atoms with van der Waals surface area (Å²) in [4.78, 5) is 40.0. The van der Waals surface area contributed by atoms with Gasteiger partial charge in [-0.1, -0.05) is 67.8 Å². The van der Waals surface area contributed by atoms with Gasteiger partial charge in [-0.3, -0.25) is 9.59 Å². The third-order valence-electron chi connectivity index (χ3n) is 5.53. The first-order valence-corrected chi connectivity index (χ1v) is 10.2. The van der Waals surface area contributed by atoms with Crippen LogP contribution in [-0.2, 0) is 9.53 Å². The van der Waals surface area contributed by atoms with Crippen LogP contribution in [0.3, 0.4) is 0 Å². The summed E-state index contributed by atoms with van der Waals surface area (Å²) < 4.78 is 5.45. The summed E-state index contributed by atoms with van der Waals surface area (Å²) in [5.41, 5.74) is 0.930. The predicted molar refractivity (Wildman–Crippen MR) is 111 cm³/mol. The maximum Gasteiger partial charge on any atom is 0.339 e. The number of amides is 1. The molecule has 5 nitrogen and oxygen atoms in total. The molecule has 0 heterocycles. The molecule has 0 bridgehead atoms. The van der Waals surface area contributed by atoms with E-state index in [1.165, 1.54) is 6.42 Å². The van der Waals surface area contributed by atoms with Crippen LogP contribution in [0.1, 0.15) is 65.3 Å². The fourth-order valence-electron chi connectivity index (χ4n) is 3.81. The first-order chi connectivity index (χ1) is 14.0. The summed E-state index contributed by atoms with van der Waals surface area (Å²) in [5.74, 6) is -1.13. The number of ether oxygens (including phenoxy) is 1. The van der Waals surface area contributed by atoms with Gasteiger partial charge in [0.25, 0.3) is 5.91 Å². The topological polar surface area (TPSA) is 63.7 Å². The van der Waals surface area contributed by atoms with E-state index in [1.54, 1.807) is 67.4 Å². The Hall–Kier alpha value is -2.95. The quantitative estimate of drug-likeness (QED) is 0.544. The number of benzene rings is 2. The molecule has 1 atom stereocenters. The smallest absolute Gasteiger partial charge is 0.339 e. The van der Waals surface area contributed by atoms with Crippen LogP contribution < -0.4 is 0 Å². The molecule has 29 heavy (non-hydrogen) atoms. The van der Waals surface area contributed by atoms with Gasteiger partial charge in [-0.15, -0.1) is 0 Å². The Morgan fingerprint density at radius 1 is 0.897 bits per heavy atom. The molecule has 1 aliphatic rings. The molecular weight excluding hydrogens is 366 g/mol. The van der Waals surface area contributed by atoms with E-state index in [0.29, 0.717) is 5.56 Å². The fourth-order valence-corrected chi connectivity index (χ4v) is 3.81. The SMILES string of the molecule is C[C@H](OC(=O)c1ccccc1C(=O)c1ccccc1)C(=O)N(C)C1CCCCC1. The van der Waals surface area contributed by atoms with E-state index >= 15 is 0 Å². The second kappa shape index (κ2) is 9.50. The zero-order valence-electron chi connectivity index (χ0n) is 17.0. The van der Waals surface area contributed by atoms with Crippen LogP contribution >= 0.6 is 0 Å². The monoisotopic (exact) mass is 393 g/mol. The van der Waals surface area contributed by atoms with Gasteiger partial charge in [-0.25, -0.2) is 4.79 Å². The number of esters is 1. The summed E-state index contributed by atoms with van der Waals surface area (Å²) in [6, 6.07) is 15.5. The number of nitrogens with zero attached hydrogens (tertiary/aromatic N) is 1. The highest BCUT2D eigenvalue weighted by Gasteiger charge is 2.29. The minimum Gasteiger partial charge on any atom is -0.449 e. The highest BCUT2D eigenvalue weighted by Crippen LogP contribution is 2.23. The van der Waals surface area contributed by atoms with Crippen molar-refractivity contribution >= 4 is 17.7 Å². The van der Waals surface area contributed by atoms with Crippen molar-refractivity contribution in [1.29, 1.82) is 0 Å². The van der Waals surface area contributed by atoms with Crippen molar-refractivity contribution in [2.75, 3.05) is 7.05 Å². The van der Waals surface area contributed by atoms with Crippen LogP contribution in [0.2, 0.25) is 0 Å². The summed E-state index contributed by atoms with van der Waals surface area (Å²) in [5, 5.41) is 0. The van der Waals surface area contributed by atoms with E-state index < -0.39 is 12.1 Å². The number of likely N-dealkylation sites (N-methyl/N-ethyl adjacent to an activating group) is 1. The molecule has 0 unspecified atom stereocenters. The van der Waals surface area contributed by atoms with Gasteiger partial charge in [0.1, 0.15) is 0 Å². The second-order valence-corrected chi connectivity index (χ2v) is 7.53. The molecule has 0 saturated heterocycles. The van der Waals surface area contributed by atoms with Crippen molar-refractivity contribution in [2.45, 2.75) is 51.2 Å². The van der Waals surface area contributed by atoms with Gasteiger partial charge in [0.15, 0.2) is 11.9 Å². The normalized spacial score (nSPS) is 15.4. The zero-order chi connectivity index (χ0) is 20.8. The average molecular weight is 393 g/mol. The minimum absolute atomic E-state index is 0.168. The van der Waals surface area contributed by atoms with E-state index in [4.69, 9.17) is 4.74 Å². The second-order valence-electron chi connectivity index (χ2n) is 7.53. The third kappa shape index (κ3) is 4.91. The lowest BCUT2D eigenvalue weighted by molar-refractivity contribution is -0.141. The number of carbonyl (C=O) groups excluding carboxylic acids is 3. The Morgan fingerprint density at radius 3 is 2.14 bits per heavy atom. The number of hydrogen-bond donors (Lipinski definition) is 0. The fraction of sp³-hybridized carbons (Fsp3) is 0.375.